The number of carbonyl (C=O) groups is 1. The highest BCUT2D eigenvalue weighted by atomic mass is 79.9. The van der Waals surface area contributed by atoms with Gasteiger partial charge in [-0.15, -0.1) is 12.3 Å². The predicted octanol–water partition coefficient (Wildman–Crippen LogP) is 1.23. The number of halogens is 1. The molecule has 0 aromatic carbocycles. The van der Waals surface area contributed by atoms with Crippen LogP contribution in [-0.2, 0) is 4.79 Å². The lowest BCUT2D eigenvalue weighted by Gasteiger charge is -2.13. The van der Waals surface area contributed by atoms with Crippen LogP contribution < -0.4 is 4.90 Å². The van der Waals surface area contributed by atoms with Crippen LogP contribution in [-0.4, -0.2) is 22.4 Å². The first kappa shape index (κ1) is 10.1. The van der Waals surface area contributed by atoms with Gasteiger partial charge < -0.3 is 0 Å². The van der Waals surface area contributed by atoms with Crippen molar-refractivity contribution in [1.82, 2.24) is 9.97 Å². The predicted molar refractivity (Wildman–Crippen MR) is 59.0 cm³/mol. The van der Waals surface area contributed by atoms with Gasteiger partial charge in [-0.2, -0.15) is 0 Å². The minimum atomic E-state index is -0.00811. The molecule has 1 fully saturated rings. The molecule has 1 aromatic heterocycles. The van der Waals surface area contributed by atoms with E-state index < -0.39 is 0 Å². The zero-order valence-corrected chi connectivity index (χ0v) is 9.44. The van der Waals surface area contributed by atoms with E-state index in [-0.39, 0.29) is 11.8 Å². The van der Waals surface area contributed by atoms with Gasteiger partial charge >= 0.3 is 0 Å². The fourth-order valence-corrected chi connectivity index (χ4v) is 1.81. The second-order valence-electron chi connectivity index (χ2n) is 3.27. The van der Waals surface area contributed by atoms with Crippen LogP contribution in [0.15, 0.2) is 17.0 Å². The number of amides is 1. The van der Waals surface area contributed by atoms with Crippen molar-refractivity contribution in [3.8, 4) is 12.3 Å². The van der Waals surface area contributed by atoms with Crippen molar-refractivity contribution < 1.29 is 4.79 Å². The molecule has 15 heavy (non-hydrogen) atoms. The number of hydrogen-bond acceptors (Lipinski definition) is 3. The zero-order chi connectivity index (χ0) is 10.8. The van der Waals surface area contributed by atoms with Gasteiger partial charge in [0.15, 0.2) is 0 Å². The molecule has 2 heterocycles. The Morgan fingerprint density at radius 3 is 3.00 bits per heavy atom. The standard InChI is InChI=1S/C10H8BrN3O/c1-2-7-3-10(15)14(5-7)9-4-8(11)12-6-13-9/h1,4,6-7H,3,5H2. The first-order valence-electron chi connectivity index (χ1n) is 4.44. The first-order valence-corrected chi connectivity index (χ1v) is 5.24. The van der Waals surface area contributed by atoms with E-state index in [1.807, 2.05) is 0 Å². The van der Waals surface area contributed by atoms with E-state index in [0.29, 0.717) is 23.4 Å². The van der Waals surface area contributed by atoms with Crippen molar-refractivity contribution in [1.29, 1.82) is 0 Å². The number of nitrogens with zero attached hydrogens (tertiary/aromatic N) is 3. The van der Waals surface area contributed by atoms with Crippen LogP contribution >= 0.6 is 15.9 Å². The lowest BCUT2D eigenvalue weighted by Crippen LogP contribution is -2.25. The highest BCUT2D eigenvalue weighted by Gasteiger charge is 2.30. The van der Waals surface area contributed by atoms with Crippen molar-refractivity contribution in [2.45, 2.75) is 6.42 Å². The van der Waals surface area contributed by atoms with Gasteiger partial charge in [-0.1, -0.05) is 0 Å². The summed E-state index contributed by atoms with van der Waals surface area (Å²) in [5, 5.41) is 0. The molecule has 1 amide bonds. The molecule has 1 saturated heterocycles. The van der Waals surface area contributed by atoms with E-state index in [1.54, 1.807) is 11.0 Å². The van der Waals surface area contributed by atoms with E-state index in [1.165, 1.54) is 6.33 Å². The van der Waals surface area contributed by atoms with Crippen LogP contribution in [0.2, 0.25) is 0 Å². The van der Waals surface area contributed by atoms with Crippen LogP contribution in [0.4, 0.5) is 5.82 Å². The summed E-state index contributed by atoms with van der Waals surface area (Å²) in [5.74, 6) is 3.20. The number of carbonyl (C=O) groups excluding carboxylic acids is 1. The fraction of sp³-hybridized carbons (Fsp3) is 0.300. The Labute approximate surface area is 95.8 Å². The molecule has 0 bridgehead atoms. The zero-order valence-electron chi connectivity index (χ0n) is 7.85. The highest BCUT2D eigenvalue weighted by Crippen LogP contribution is 2.23. The molecule has 76 valence electrons. The van der Waals surface area contributed by atoms with Gasteiger partial charge in [0.2, 0.25) is 5.91 Å². The second-order valence-corrected chi connectivity index (χ2v) is 4.08. The maximum absolute atomic E-state index is 11.6. The molecule has 0 spiro atoms. The third-order valence-electron chi connectivity index (χ3n) is 2.26. The van der Waals surface area contributed by atoms with Gasteiger partial charge in [0.1, 0.15) is 16.7 Å². The van der Waals surface area contributed by atoms with E-state index in [2.05, 4.69) is 31.8 Å². The summed E-state index contributed by atoms with van der Waals surface area (Å²) in [7, 11) is 0. The van der Waals surface area contributed by atoms with E-state index in [9.17, 15) is 4.79 Å². The number of aromatic nitrogens is 2. The summed E-state index contributed by atoms with van der Waals surface area (Å²) in [6.45, 7) is 0.540. The molecule has 0 radical (unpaired) electrons. The second kappa shape index (κ2) is 3.99. The van der Waals surface area contributed by atoms with Crippen molar-refractivity contribution in [2.24, 2.45) is 5.92 Å². The molecular weight excluding hydrogens is 258 g/mol. The summed E-state index contributed by atoms with van der Waals surface area (Å²) >= 11 is 3.23. The Kier molecular flexibility index (Phi) is 2.69. The molecule has 1 aliphatic heterocycles. The Morgan fingerprint density at radius 2 is 2.40 bits per heavy atom. The van der Waals surface area contributed by atoms with Crippen molar-refractivity contribution >= 4 is 27.7 Å². The topological polar surface area (TPSA) is 46.1 Å². The van der Waals surface area contributed by atoms with Gasteiger partial charge in [-0.05, 0) is 15.9 Å². The maximum atomic E-state index is 11.6. The molecular formula is C10H8BrN3O. The number of terminal acetylenes is 1. The number of rotatable bonds is 1. The van der Waals surface area contributed by atoms with Crippen molar-refractivity contribution in [3.05, 3.63) is 17.0 Å². The molecule has 0 saturated carbocycles. The normalized spacial score (nSPS) is 20.4. The lowest BCUT2D eigenvalue weighted by atomic mass is 10.1. The summed E-state index contributed by atoms with van der Waals surface area (Å²) in [5.41, 5.74) is 0. The Bertz CT molecular complexity index is 441. The molecule has 4 nitrogen and oxygen atoms in total. The molecule has 1 unspecified atom stereocenters. The van der Waals surface area contributed by atoms with Gasteiger partial charge in [0.05, 0.1) is 0 Å². The van der Waals surface area contributed by atoms with Crippen LogP contribution in [0, 0.1) is 18.3 Å². The van der Waals surface area contributed by atoms with Crippen molar-refractivity contribution in [2.75, 3.05) is 11.4 Å². The molecule has 1 aliphatic rings. The summed E-state index contributed by atoms with van der Waals surface area (Å²) < 4.78 is 0.657. The molecule has 1 atom stereocenters. The minimum absolute atomic E-state index is 0.00811. The third-order valence-corrected chi connectivity index (χ3v) is 2.69. The molecule has 1 aromatic rings. The smallest absolute Gasteiger partial charge is 0.229 e. The summed E-state index contributed by atoms with van der Waals surface area (Å²) in [6.07, 6.45) is 7.11. The number of anilines is 1. The maximum Gasteiger partial charge on any atom is 0.229 e. The fourth-order valence-electron chi connectivity index (χ4n) is 1.51. The van der Waals surface area contributed by atoms with Gasteiger partial charge in [-0.3, -0.25) is 9.69 Å². The van der Waals surface area contributed by atoms with Crippen LogP contribution in [0.5, 0.6) is 0 Å². The van der Waals surface area contributed by atoms with E-state index in [0.717, 1.165) is 0 Å². The molecule has 5 heteroatoms. The minimum Gasteiger partial charge on any atom is -0.295 e. The monoisotopic (exact) mass is 265 g/mol. The Hall–Kier alpha value is -1.41. The Balaban J connectivity index is 2.26. The average molecular weight is 266 g/mol. The van der Waals surface area contributed by atoms with Gasteiger partial charge in [-0.25, -0.2) is 9.97 Å². The largest absolute Gasteiger partial charge is 0.295 e. The van der Waals surface area contributed by atoms with Gasteiger partial charge in [0, 0.05) is 24.9 Å². The third kappa shape index (κ3) is 2.00. The van der Waals surface area contributed by atoms with Crippen LogP contribution in [0.3, 0.4) is 0 Å². The quantitative estimate of drug-likeness (QED) is 0.567. The molecule has 0 aliphatic carbocycles. The first-order chi connectivity index (χ1) is 7.20. The van der Waals surface area contributed by atoms with Crippen LogP contribution in [0.1, 0.15) is 6.42 Å². The van der Waals surface area contributed by atoms with E-state index in [4.69, 9.17) is 6.42 Å². The van der Waals surface area contributed by atoms with Crippen LogP contribution in [0.25, 0.3) is 0 Å². The number of hydrogen-bond donors (Lipinski definition) is 0. The van der Waals surface area contributed by atoms with Crippen molar-refractivity contribution in [3.63, 3.8) is 0 Å². The highest BCUT2D eigenvalue weighted by molar-refractivity contribution is 9.10. The lowest BCUT2D eigenvalue weighted by molar-refractivity contribution is -0.117. The Morgan fingerprint density at radius 1 is 1.60 bits per heavy atom. The van der Waals surface area contributed by atoms with E-state index >= 15 is 0 Å². The SMILES string of the molecule is C#CC1CC(=O)N(c2cc(Br)ncn2)C1. The molecule has 2 rings (SSSR count). The summed E-state index contributed by atoms with van der Waals surface area (Å²) in [4.78, 5) is 21.1. The molecule has 0 N–H and O–H groups in total. The average Bonchev–Trinajstić information content (AvgIpc) is 2.60. The summed E-state index contributed by atoms with van der Waals surface area (Å²) in [6, 6.07) is 1.71. The van der Waals surface area contributed by atoms with Gasteiger partial charge in [0.25, 0.3) is 0 Å².